The Hall–Kier alpha value is -3.31. The SMILES string of the molecule is OC1CCCc2c(Oc3nc(-c4cccnc4)nc4ccccc34)cccc21. The van der Waals surface area contributed by atoms with Gasteiger partial charge in [-0.3, -0.25) is 4.98 Å². The fourth-order valence-electron chi connectivity index (χ4n) is 3.74. The molecule has 5 rings (SSSR count). The maximum absolute atomic E-state index is 10.3. The third-order valence-corrected chi connectivity index (χ3v) is 5.13. The van der Waals surface area contributed by atoms with Gasteiger partial charge in [0.25, 0.3) is 0 Å². The van der Waals surface area contributed by atoms with Gasteiger partial charge in [-0.25, -0.2) is 4.98 Å². The Labute approximate surface area is 162 Å². The van der Waals surface area contributed by atoms with Crippen molar-refractivity contribution in [1.82, 2.24) is 15.0 Å². The molecule has 2 heterocycles. The Morgan fingerprint density at radius 2 is 1.89 bits per heavy atom. The van der Waals surface area contributed by atoms with Crippen molar-refractivity contribution < 1.29 is 9.84 Å². The van der Waals surface area contributed by atoms with Crippen molar-refractivity contribution in [1.29, 1.82) is 0 Å². The molecule has 0 fully saturated rings. The predicted octanol–water partition coefficient (Wildman–Crippen LogP) is 4.85. The molecule has 1 atom stereocenters. The van der Waals surface area contributed by atoms with E-state index in [-0.39, 0.29) is 0 Å². The smallest absolute Gasteiger partial charge is 0.230 e. The summed E-state index contributed by atoms with van der Waals surface area (Å²) in [7, 11) is 0. The van der Waals surface area contributed by atoms with Crippen molar-refractivity contribution in [3.8, 4) is 23.0 Å². The van der Waals surface area contributed by atoms with Crippen molar-refractivity contribution in [3.05, 3.63) is 78.1 Å². The molecule has 0 amide bonds. The van der Waals surface area contributed by atoms with E-state index in [4.69, 9.17) is 9.72 Å². The van der Waals surface area contributed by atoms with Crippen LogP contribution in [0.25, 0.3) is 22.3 Å². The number of aliphatic hydroxyl groups is 1. The molecule has 5 heteroatoms. The number of fused-ring (bicyclic) bond motifs is 2. The molecule has 2 aromatic carbocycles. The van der Waals surface area contributed by atoms with Gasteiger partial charge in [0.05, 0.1) is 17.0 Å². The van der Waals surface area contributed by atoms with Gasteiger partial charge >= 0.3 is 0 Å². The van der Waals surface area contributed by atoms with Crippen LogP contribution in [0, 0.1) is 0 Å². The van der Waals surface area contributed by atoms with Crippen LogP contribution in [-0.2, 0) is 6.42 Å². The van der Waals surface area contributed by atoms with Gasteiger partial charge in [0.15, 0.2) is 5.82 Å². The van der Waals surface area contributed by atoms with Gasteiger partial charge in [-0.2, -0.15) is 4.98 Å². The quantitative estimate of drug-likeness (QED) is 0.559. The Morgan fingerprint density at radius 3 is 2.79 bits per heavy atom. The number of nitrogens with zero attached hydrogens (tertiary/aromatic N) is 3. The molecule has 138 valence electrons. The molecule has 1 N–H and O–H groups in total. The first-order chi connectivity index (χ1) is 13.8. The highest BCUT2D eigenvalue weighted by molar-refractivity contribution is 5.85. The summed E-state index contributed by atoms with van der Waals surface area (Å²) in [5.74, 6) is 1.83. The molecule has 2 aromatic heterocycles. The first-order valence-electron chi connectivity index (χ1n) is 9.44. The summed E-state index contributed by atoms with van der Waals surface area (Å²) in [6.45, 7) is 0. The van der Waals surface area contributed by atoms with Gasteiger partial charge < -0.3 is 9.84 Å². The van der Waals surface area contributed by atoms with E-state index in [0.29, 0.717) is 11.7 Å². The maximum atomic E-state index is 10.3. The Morgan fingerprint density at radius 1 is 0.964 bits per heavy atom. The van der Waals surface area contributed by atoms with Crippen molar-refractivity contribution in [2.45, 2.75) is 25.4 Å². The lowest BCUT2D eigenvalue weighted by molar-refractivity contribution is 0.156. The fourth-order valence-corrected chi connectivity index (χ4v) is 3.74. The highest BCUT2D eigenvalue weighted by Gasteiger charge is 2.22. The van der Waals surface area contributed by atoms with Crippen LogP contribution in [0.15, 0.2) is 67.0 Å². The number of pyridine rings is 1. The summed E-state index contributed by atoms with van der Waals surface area (Å²) in [5.41, 5.74) is 3.67. The lowest BCUT2D eigenvalue weighted by atomic mass is 9.89. The summed E-state index contributed by atoms with van der Waals surface area (Å²) >= 11 is 0. The molecule has 4 aromatic rings. The molecular formula is C23H19N3O2. The summed E-state index contributed by atoms with van der Waals surface area (Å²) in [5, 5.41) is 11.2. The molecule has 1 aliphatic carbocycles. The molecule has 0 aliphatic heterocycles. The van der Waals surface area contributed by atoms with Gasteiger partial charge in [-0.05, 0) is 55.2 Å². The minimum Gasteiger partial charge on any atom is -0.438 e. The number of benzene rings is 2. The monoisotopic (exact) mass is 369 g/mol. The maximum Gasteiger partial charge on any atom is 0.230 e. The van der Waals surface area contributed by atoms with Gasteiger partial charge in [0, 0.05) is 23.5 Å². The van der Waals surface area contributed by atoms with Gasteiger partial charge in [-0.15, -0.1) is 0 Å². The first kappa shape index (κ1) is 16.8. The number of rotatable bonds is 3. The summed E-state index contributed by atoms with van der Waals surface area (Å²) < 4.78 is 6.32. The average Bonchev–Trinajstić information content (AvgIpc) is 2.75. The minimum atomic E-state index is -0.430. The third kappa shape index (κ3) is 3.00. The van der Waals surface area contributed by atoms with Crippen molar-refractivity contribution in [2.75, 3.05) is 0 Å². The van der Waals surface area contributed by atoms with Gasteiger partial charge in [-0.1, -0.05) is 24.3 Å². The van der Waals surface area contributed by atoms with E-state index in [0.717, 1.165) is 52.6 Å². The molecule has 0 spiro atoms. The number of ether oxygens (including phenoxy) is 1. The Bertz CT molecular complexity index is 1150. The van der Waals surface area contributed by atoms with E-state index in [2.05, 4.69) is 9.97 Å². The van der Waals surface area contributed by atoms with Crippen molar-refractivity contribution >= 4 is 10.9 Å². The molecule has 0 bridgehead atoms. The van der Waals surface area contributed by atoms with E-state index in [1.165, 1.54) is 0 Å². The van der Waals surface area contributed by atoms with Crippen LogP contribution in [-0.4, -0.2) is 20.1 Å². The topological polar surface area (TPSA) is 68.1 Å². The van der Waals surface area contributed by atoms with E-state index in [9.17, 15) is 5.11 Å². The largest absolute Gasteiger partial charge is 0.438 e. The summed E-state index contributed by atoms with van der Waals surface area (Å²) in [6.07, 6.45) is 5.66. The molecular weight excluding hydrogens is 350 g/mol. The third-order valence-electron chi connectivity index (χ3n) is 5.13. The van der Waals surface area contributed by atoms with Crippen LogP contribution < -0.4 is 4.74 Å². The zero-order valence-corrected chi connectivity index (χ0v) is 15.2. The van der Waals surface area contributed by atoms with Crippen molar-refractivity contribution in [2.24, 2.45) is 0 Å². The highest BCUT2D eigenvalue weighted by Crippen LogP contribution is 2.38. The standard InChI is InChI=1S/C23H19N3O2/c27-20-11-3-9-17-16(20)8-4-12-21(17)28-23-18-7-1-2-10-19(18)25-22(26-23)15-6-5-13-24-14-15/h1-2,4-8,10,12-14,20,27H,3,9,11H2. The van der Waals surface area contributed by atoms with Gasteiger partial charge in [0.2, 0.25) is 5.88 Å². The lowest BCUT2D eigenvalue weighted by Gasteiger charge is -2.23. The van der Waals surface area contributed by atoms with E-state index in [1.54, 1.807) is 12.4 Å². The number of hydrogen-bond acceptors (Lipinski definition) is 5. The molecule has 0 saturated heterocycles. The van der Waals surface area contributed by atoms with Crippen LogP contribution in [0.3, 0.4) is 0 Å². The molecule has 5 nitrogen and oxygen atoms in total. The van der Waals surface area contributed by atoms with Crippen LogP contribution in [0.4, 0.5) is 0 Å². The zero-order valence-electron chi connectivity index (χ0n) is 15.2. The molecule has 1 unspecified atom stereocenters. The average molecular weight is 369 g/mol. The Balaban J connectivity index is 1.64. The fraction of sp³-hybridized carbons (Fsp3) is 0.174. The second-order valence-corrected chi connectivity index (χ2v) is 6.95. The normalized spacial score (nSPS) is 16.0. The van der Waals surface area contributed by atoms with E-state index < -0.39 is 6.10 Å². The number of aromatic nitrogens is 3. The molecule has 1 aliphatic rings. The van der Waals surface area contributed by atoms with Crippen LogP contribution >= 0.6 is 0 Å². The highest BCUT2D eigenvalue weighted by atomic mass is 16.5. The van der Waals surface area contributed by atoms with Crippen LogP contribution in [0.1, 0.15) is 30.1 Å². The predicted molar refractivity (Wildman–Crippen MR) is 107 cm³/mol. The van der Waals surface area contributed by atoms with Crippen LogP contribution in [0.2, 0.25) is 0 Å². The van der Waals surface area contributed by atoms with Crippen LogP contribution in [0.5, 0.6) is 11.6 Å². The summed E-state index contributed by atoms with van der Waals surface area (Å²) in [4.78, 5) is 13.5. The van der Waals surface area contributed by atoms with Gasteiger partial charge in [0.1, 0.15) is 5.75 Å². The lowest BCUT2D eigenvalue weighted by Crippen LogP contribution is -2.10. The summed E-state index contributed by atoms with van der Waals surface area (Å²) in [6, 6.07) is 17.5. The van der Waals surface area contributed by atoms with Crippen molar-refractivity contribution in [3.63, 3.8) is 0 Å². The number of hydrogen-bond donors (Lipinski definition) is 1. The second kappa shape index (κ2) is 7.02. The van der Waals surface area contributed by atoms with E-state index in [1.807, 2.05) is 54.6 Å². The minimum absolute atomic E-state index is 0.430. The molecule has 28 heavy (non-hydrogen) atoms. The number of para-hydroxylation sites is 1. The second-order valence-electron chi connectivity index (χ2n) is 6.95. The van der Waals surface area contributed by atoms with E-state index >= 15 is 0 Å². The molecule has 0 saturated carbocycles. The first-order valence-corrected chi connectivity index (χ1v) is 9.44. The zero-order chi connectivity index (χ0) is 18.9. The Kier molecular flexibility index (Phi) is 4.22. The molecule has 0 radical (unpaired) electrons. The number of aliphatic hydroxyl groups excluding tert-OH is 1.